The van der Waals surface area contributed by atoms with E-state index >= 15 is 0 Å². The molecule has 1 atom stereocenters. The Bertz CT molecular complexity index is 771. The highest BCUT2D eigenvalue weighted by atomic mass is 32.2. The van der Waals surface area contributed by atoms with Crippen molar-refractivity contribution in [2.75, 3.05) is 33.0 Å². The third-order valence-corrected chi connectivity index (χ3v) is 6.22. The molecule has 1 aromatic carbocycles. The van der Waals surface area contributed by atoms with Gasteiger partial charge in [0.2, 0.25) is 21.8 Å². The summed E-state index contributed by atoms with van der Waals surface area (Å²) in [5, 5.41) is 5.73. The van der Waals surface area contributed by atoms with Crippen LogP contribution in [0.3, 0.4) is 0 Å². The predicted molar refractivity (Wildman–Crippen MR) is 106 cm³/mol. The monoisotopic (exact) mass is 411 g/mol. The molecule has 1 unspecified atom stereocenters. The molecule has 28 heavy (non-hydrogen) atoms. The number of hydrogen-bond donors (Lipinski definition) is 2. The Hall–Kier alpha value is -2.13. The van der Waals surface area contributed by atoms with Crippen LogP contribution in [0.4, 0.5) is 0 Å². The maximum Gasteiger partial charge on any atom is 0.222 e. The summed E-state index contributed by atoms with van der Waals surface area (Å²) < 4.78 is 29.7. The first-order valence-electron chi connectivity index (χ1n) is 9.32. The zero-order valence-corrected chi connectivity index (χ0v) is 17.4. The maximum atomic E-state index is 12.4. The summed E-state index contributed by atoms with van der Waals surface area (Å²) in [4.78, 5) is 23.9. The molecule has 8 nitrogen and oxygen atoms in total. The number of hydrogen-bond acceptors (Lipinski definition) is 5. The third kappa shape index (κ3) is 6.79. The molecule has 156 valence electrons. The van der Waals surface area contributed by atoms with Crippen LogP contribution in [-0.2, 0) is 19.6 Å². The lowest BCUT2D eigenvalue weighted by Crippen LogP contribution is -2.41. The molecule has 1 heterocycles. The summed E-state index contributed by atoms with van der Waals surface area (Å²) in [5.41, 5.74) is 0.826. The van der Waals surface area contributed by atoms with E-state index in [-0.39, 0.29) is 24.2 Å². The quantitative estimate of drug-likeness (QED) is 0.665. The molecule has 9 heteroatoms. The van der Waals surface area contributed by atoms with Crippen molar-refractivity contribution in [3.05, 3.63) is 29.8 Å². The van der Waals surface area contributed by atoms with Crippen molar-refractivity contribution in [2.24, 2.45) is 5.92 Å². The molecule has 2 amide bonds. The van der Waals surface area contributed by atoms with E-state index in [4.69, 9.17) is 4.74 Å². The first-order chi connectivity index (χ1) is 13.2. The lowest BCUT2D eigenvalue weighted by Gasteiger charge is -2.30. The number of piperidine rings is 1. The van der Waals surface area contributed by atoms with Gasteiger partial charge in [0.25, 0.3) is 0 Å². The number of sulfonamides is 1. The van der Waals surface area contributed by atoms with Crippen molar-refractivity contribution in [3.63, 3.8) is 0 Å². The van der Waals surface area contributed by atoms with Gasteiger partial charge in [0.05, 0.1) is 25.8 Å². The summed E-state index contributed by atoms with van der Waals surface area (Å²) in [6, 6.07) is 6.81. The van der Waals surface area contributed by atoms with E-state index in [0.29, 0.717) is 25.4 Å². The van der Waals surface area contributed by atoms with Gasteiger partial charge in [0.15, 0.2) is 0 Å². The molecule has 0 radical (unpaired) electrons. The van der Waals surface area contributed by atoms with E-state index in [0.717, 1.165) is 18.4 Å². The summed E-state index contributed by atoms with van der Waals surface area (Å²) in [6.07, 6.45) is 2.80. The largest absolute Gasteiger partial charge is 0.497 e. The van der Waals surface area contributed by atoms with Crippen LogP contribution in [0.2, 0.25) is 0 Å². The summed E-state index contributed by atoms with van der Waals surface area (Å²) in [7, 11) is -1.57. The molecule has 1 aliphatic rings. The van der Waals surface area contributed by atoms with Crippen LogP contribution in [0.25, 0.3) is 0 Å². The fourth-order valence-electron chi connectivity index (χ4n) is 3.29. The second kappa shape index (κ2) is 9.88. The van der Waals surface area contributed by atoms with Crippen LogP contribution < -0.4 is 15.4 Å². The topological polar surface area (TPSA) is 105 Å². The summed E-state index contributed by atoms with van der Waals surface area (Å²) >= 11 is 0. The Labute approximate surface area is 166 Å². The van der Waals surface area contributed by atoms with E-state index in [9.17, 15) is 18.0 Å². The molecule has 1 fully saturated rings. The van der Waals surface area contributed by atoms with E-state index in [2.05, 4.69) is 10.6 Å². The molecule has 0 saturated carbocycles. The van der Waals surface area contributed by atoms with Gasteiger partial charge >= 0.3 is 0 Å². The van der Waals surface area contributed by atoms with Gasteiger partial charge in [0, 0.05) is 26.6 Å². The Balaban J connectivity index is 1.87. The van der Waals surface area contributed by atoms with Crippen molar-refractivity contribution in [1.82, 2.24) is 14.9 Å². The number of amides is 2. The summed E-state index contributed by atoms with van der Waals surface area (Å²) in [6.45, 7) is 2.90. The molecule has 1 aliphatic heterocycles. The van der Waals surface area contributed by atoms with Gasteiger partial charge in [-0.1, -0.05) is 12.1 Å². The van der Waals surface area contributed by atoms with Gasteiger partial charge in [-0.25, -0.2) is 12.7 Å². The standard InChI is InChI=1S/C19H29N3O5S/c1-14(23)21-18(16-4-6-17(27-2)7-5-16)12-19(24)20-13-15-8-10-22(11-9-15)28(3,25)26/h4-7,15,18H,8-13H2,1-3H3,(H,20,24)(H,21,23). The highest BCUT2D eigenvalue weighted by Gasteiger charge is 2.25. The fraction of sp³-hybridized carbons (Fsp3) is 0.579. The maximum absolute atomic E-state index is 12.4. The molecular weight excluding hydrogens is 382 g/mol. The van der Waals surface area contributed by atoms with Crippen LogP contribution in [0, 0.1) is 5.92 Å². The number of nitrogens with zero attached hydrogens (tertiary/aromatic N) is 1. The average Bonchev–Trinajstić information content (AvgIpc) is 2.65. The van der Waals surface area contributed by atoms with Crippen molar-refractivity contribution >= 4 is 21.8 Å². The Kier molecular flexibility index (Phi) is 7.82. The minimum absolute atomic E-state index is 0.133. The minimum atomic E-state index is -3.15. The van der Waals surface area contributed by atoms with Crippen molar-refractivity contribution in [3.8, 4) is 5.75 Å². The molecule has 1 saturated heterocycles. The van der Waals surface area contributed by atoms with Crippen molar-refractivity contribution in [1.29, 1.82) is 0 Å². The van der Waals surface area contributed by atoms with Crippen LogP contribution in [0.15, 0.2) is 24.3 Å². The van der Waals surface area contributed by atoms with E-state index in [1.165, 1.54) is 17.5 Å². The van der Waals surface area contributed by atoms with E-state index in [1.54, 1.807) is 19.2 Å². The number of carbonyl (C=O) groups is 2. The van der Waals surface area contributed by atoms with E-state index < -0.39 is 16.1 Å². The average molecular weight is 412 g/mol. The minimum Gasteiger partial charge on any atom is -0.497 e. The highest BCUT2D eigenvalue weighted by Crippen LogP contribution is 2.21. The lowest BCUT2D eigenvalue weighted by molar-refractivity contribution is -0.123. The molecule has 0 aliphatic carbocycles. The first kappa shape index (κ1) is 22.2. The second-order valence-electron chi connectivity index (χ2n) is 7.14. The SMILES string of the molecule is COc1ccc(C(CC(=O)NCC2CCN(S(C)(=O)=O)CC2)NC(C)=O)cc1. The smallest absolute Gasteiger partial charge is 0.222 e. The van der Waals surface area contributed by atoms with Crippen molar-refractivity contribution in [2.45, 2.75) is 32.2 Å². The van der Waals surface area contributed by atoms with Gasteiger partial charge in [-0.2, -0.15) is 0 Å². The molecular formula is C19H29N3O5S. The molecule has 2 N–H and O–H groups in total. The van der Waals surface area contributed by atoms with Gasteiger partial charge < -0.3 is 15.4 Å². The zero-order valence-electron chi connectivity index (χ0n) is 16.6. The second-order valence-corrected chi connectivity index (χ2v) is 9.12. The lowest BCUT2D eigenvalue weighted by atomic mass is 9.98. The molecule has 0 spiro atoms. The number of ether oxygens (including phenoxy) is 1. The van der Waals surface area contributed by atoms with Crippen LogP contribution in [0.5, 0.6) is 5.75 Å². The normalized spacial score (nSPS) is 17.0. The Morgan fingerprint density at radius 1 is 1.21 bits per heavy atom. The van der Waals surface area contributed by atoms with Crippen LogP contribution >= 0.6 is 0 Å². The molecule has 0 aromatic heterocycles. The van der Waals surface area contributed by atoms with Crippen molar-refractivity contribution < 1.29 is 22.7 Å². The van der Waals surface area contributed by atoms with Gasteiger partial charge in [-0.3, -0.25) is 9.59 Å². The number of carbonyl (C=O) groups excluding carboxylic acids is 2. The van der Waals surface area contributed by atoms with Crippen LogP contribution in [-0.4, -0.2) is 57.5 Å². The fourth-order valence-corrected chi connectivity index (χ4v) is 4.17. The highest BCUT2D eigenvalue weighted by molar-refractivity contribution is 7.88. The van der Waals surface area contributed by atoms with E-state index in [1.807, 2.05) is 12.1 Å². The molecule has 0 bridgehead atoms. The Morgan fingerprint density at radius 2 is 1.82 bits per heavy atom. The van der Waals surface area contributed by atoms with Crippen LogP contribution in [0.1, 0.15) is 37.8 Å². The zero-order chi connectivity index (χ0) is 20.7. The van der Waals surface area contributed by atoms with Gasteiger partial charge in [-0.05, 0) is 36.5 Å². The first-order valence-corrected chi connectivity index (χ1v) is 11.2. The number of nitrogens with one attached hydrogen (secondary N) is 2. The number of methoxy groups -OCH3 is 1. The number of benzene rings is 1. The Morgan fingerprint density at radius 3 is 2.32 bits per heavy atom. The molecule has 2 rings (SSSR count). The molecule has 1 aromatic rings. The van der Waals surface area contributed by atoms with Gasteiger partial charge in [0.1, 0.15) is 5.75 Å². The summed E-state index contributed by atoms with van der Waals surface area (Å²) in [5.74, 6) is 0.597. The third-order valence-electron chi connectivity index (χ3n) is 4.92. The number of rotatable bonds is 8. The van der Waals surface area contributed by atoms with Gasteiger partial charge in [-0.15, -0.1) is 0 Å². The predicted octanol–water partition coefficient (Wildman–Crippen LogP) is 1.05.